The number of nitrogens with zero attached hydrogens (tertiary/aromatic N) is 3. The highest BCUT2D eigenvalue weighted by atomic mass is 32.2. The van der Waals surface area contributed by atoms with Gasteiger partial charge in [0.1, 0.15) is 5.82 Å². The van der Waals surface area contributed by atoms with E-state index in [2.05, 4.69) is 10.2 Å². The Morgan fingerprint density at radius 3 is 2.52 bits per heavy atom. The van der Waals surface area contributed by atoms with Crippen LogP contribution in [0, 0.1) is 12.7 Å². The molecule has 0 saturated carbocycles. The lowest BCUT2D eigenvalue weighted by molar-refractivity contribution is -0.144. The van der Waals surface area contributed by atoms with Crippen LogP contribution in [0.25, 0.3) is 17.1 Å². The molecule has 3 rings (SSSR count). The van der Waals surface area contributed by atoms with Crippen molar-refractivity contribution in [3.8, 4) is 17.1 Å². The molecular weight excluding hydrogens is 365 g/mol. The highest BCUT2D eigenvalue weighted by Gasteiger charge is 2.19. The summed E-state index contributed by atoms with van der Waals surface area (Å²) in [5.74, 6) is -0.231. The molecule has 5 nitrogen and oxygen atoms in total. The molecule has 0 saturated heterocycles. The van der Waals surface area contributed by atoms with Crippen LogP contribution in [-0.2, 0) is 9.53 Å². The van der Waals surface area contributed by atoms with Crippen molar-refractivity contribution in [2.75, 3.05) is 5.75 Å². The predicted molar refractivity (Wildman–Crippen MR) is 103 cm³/mol. The Hall–Kier alpha value is -2.67. The average molecular weight is 385 g/mol. The van der Waals surface area contributed by atoms with Crippen LogP contribution in [0.15, 0.2) is 53.7 Å². The third-order valence-electron chi connectivity index (χ3n) is 3.73. The van der Waals surface area contributed by atoms with Crippen LogP contribution in [0.1, 0.15) is 19.4 Å². The van der Waals surface area contributed by atoms with Crippen molar-refractivity contribution in [1.29, 1.82) is 0 Å². The fourth-order valence-corrected chi connectivity index (χ4v) is 3.26. The number of aromatic nitrogens is 3. The number of hydrogen-bond acceptors (Lipinski definition) is 5. The second-order valence-electron chi connectivity index (χ2n) is 6.28. The minimum absolute atomic E-state index is 0.0967. The molecule has 0 radical (unpaired) electrons. The number of ether oxygens (including phenoxy) is 1. The van der Waals surface area contributed by atoms with Crippen LogP contribution in [0.5, 0.6) is 0 Å². The van der Waals surface area contributed by atoms with Gasteiger partial charge in [0.2, 0.25) is 0 Å². The number of rotatable bonds is 6. The van der Waals surface area contributed by atoms with Crippen molar-refractivity contribution in [3.05, 3.63) is 59.9 Å². The Morgan fingerprint density at radius 1 is 1.15 bits per heavy atom. The first-order valence-corrected chi connectivity index (χ1v) is 9.54. The van der Waals surface area contributed by atoms with E-state index in [0.717, 1.165) is 11.3 Å². The summed E-state index contributed by atoms with van der Waals surface area (Å²) in [7, 11) is 0. The number of halogens is 1. The first-order valence-electron chi connectivity index (χ1n) is 8.55. The van der Waals surface area contributed by atoms with E-state index >= 15 is 0 Å². The van der Waals surface area contributed by atoms with E-state index in [4.69, 9.17) is 4.74 Å². The van der Waals surface area contributed by atoms with Crippen LogP contribution < -0.4 is 0 Å². The molecule has 0 aliphatic carbocycles. The molecule has 7 heteroatoms. The van der Waals surface area contributed by atoms with E-state index in [1.165, 1.54) is 17.8 Å². The van der Waals surface area contributed by atoms with Crippen molar-refractivity contribution < 1.29 is 13.9 Å². The van der Waals surface area contributed by atoms with E-state index in [1.54, 1.807) is 36.6 Å². The van der Waals surface area contributed by atoms with Crippen LogP contribution in [0.3, 0.4) is 0 Å². The standard InChI is InChI=1S/C20H20FN3O2S/c1-13(2)26-18(25)12-27-20-23-22-19(16-6-4-5-7-17(16)21)24(20)15-10-8-14(3)9-11-15/h4-11,13H,12H2,1-3H3. The van der Waals surface area contributed by atoms with E-state index in [0.29, 0.717) is 16.5 Å². The Bertz CT molecular complexity index is 939. The number of benzene rings is 2. The number of carbonyl (C=O) groups is 1. The Labute approximate surface area is 161 Å². The van der Waals surface area contributed by atoms with E-state index in [-0.39, 0.29) is 23.6 Å². The molecule has 0 bridgehead atoms. The zero-order valence-electron chi connectivity index (χ0n) is 15.3. The van der Waals surface area contributed by atoms with Crippen LogP contribution in [-0.4, -0.2) is 32.6 Å². The van der Waals surface area contributed by atoms with Gasteiger partial charge in [-0.2, -0.15) is 0 Å². The second kappa shape index (κ2) is 8.35. The van der Waals surface area contributed by atoms with E-state index < -0.39 is 0 Å². The molecule has 0 amide bonds. The van der Waals surface area contributed by atoms with Gasteiger partial charge in [-0.25, -0.2) is 4.39 Å². The van der Waals surface area contributed by atoms with Gasteiger partial charge in [-0.3, -0.25) is 9.36 Å². The molecule has 1 heterocycles. The van der Waals surface area contributed by atoms with Gasteiger partial charge < -0.3 is 4.74 Å². The van der Waals surface area contributed by atoms with Gasteiger partial charge in [-0.15, -0.1) is 10.2 Å². The van der Waals surface area contributed by atoms with Gasteiger partial charge in [0.25, 0.3) is 0 Å². The number of aryl methyl sites for hydroxylation is 1. The molecule has 3 aromatic rings. The lowest BCUT2D eigenvalue weighted by atomic mass is 10.2. The molecule has 27 heavy (non-hydrogen) atoms. The minimum Gasteiger partial charge on any atom is -0.462 e. The van der Waals surface area contributed by atoms with Crippen molar-refractivity contribution in [2.45, 2.75) is 32.0 Å². The van der Waals surface area contributed by atoms with E-state index in [1.807, 2.05) is 31.2 Å². The largest absolute Gasteiger partial charge is 0.462 e. The van der Waals surface area contributed by atoms with Crippen LogP contribution in [0.2, 0.25) is 0 Å². The number of thioether (sulfide) groups is 1. The topological polar surface area (TPSA) is 57.0 Å². The second-order valence-corrected chi connectivity index (χ2v) is 7.23. The fourth-order valence-electron chi connectivity index (χ4n) is 2.53. The van der Waals surface area contributed by atoms with Crippen LogP contribution >= 0.6 is 11.8 Å². The van der Waals surface area contributed by atoms with Gasteiger partial charge >= 0.3 is 5.97 Å². The minimum atomic E-state index is -0.381. The SMILES string of the molecule is Cc1ccc(-n2c(SCC(=O)OC(C)C)nnc2-c2ccccc2F)cc1. The normalized spacial score (nSPS) is 11.0. The first-order chi connectivity index (χ1) is 13.0. The highest BCUT2D eigenvalue weighted by molar-refractivity contribution is 7.99. The highest BCUT2D eigenvalue weighted by Crippen LogP contribution is 2.29. The molecule has 0 N–H and O–H groups in total. The molecule has 0 spiro atoms. The van der Waals surface area contributed by atoms with Crippen molar-refractivity contribution >= 4 is 17.7 Å². The molecule has 140 valence electrons. The van der Waals surface area contributed by atoms with Gasteiger partial charge in [0.15, 0.2) is 11.0 Å². The summed E-state index contributed by atoms with van der Waals surface area (Å²) in [6.07, 6.45) is -0.179. The van der Waals surface area contributed by atoms with Crippen molar-refractivity contribution in [2.24, 2.45) is 0 Å². The molecular formula is C20H20FN3O2S. The summed E-state index contributed by atoms with van der Waals surface area (Å²) in [6, 6.07) is 14.2. The quantitative estimate of drug-likeness (QED) is 0.464. The first kappa shape index (κ1) is 19.1. The summed E-state index contributed by atoms with van der Waals surface area (Å²) in [5.41, 5.74) is 2.25. The lowest BCUT2D eigenvalue weighted by Gasteiger charge is -2.11. The number of esters is 1. The Balaban J connectivity index is 2.00. The molecule has 1 aromatic heterocycles. The fraction of sp³-hybridized carbons (Fsp3) is 0.250. The number of carbonyl (C=O) groups excluding carboxylic acids is 1. The van der Waals surface area contributed by atoms with Crippen LogP contribution in [0.4, 0.5) is 4.39 Å². The predicted octanol–water partition coefficient (Wildman–Crippen LogP) is 4.43. The zero-order valence-corrected chi connectivity index (χ0v) is 16.2. The Kier molecular flexibility index (Phi) is 5.91. The molecule has 0 aliphatic rings. The number of hydrogen-bond donors (Lipinski definition) is 0. The zero-order chi connectivity index (χ0) is 19.4. The van der Waals surface area contributed by atoms with Crippen molar-refractivity contribution in [3.63, 3.8) is 0 Å². The van der Waals surface area contributed by atoms with Gasteiger partial charge in [-0.05, 0) is 45.0 Å². The van der Waals surface area contributed by atoms with Gasteiger partial charge in [0.05, 0.1) is 17.4 Å². The third kappa shape index (κ3) is 4.54. The van der Waals surface area contributed by atoms with Crippen molar-refractivity contribution in [1.82, 2.24) is 14.8 Å². The van der Waals surface area contributed by atoms with Gasteiger partial charge in [-0.1, -0.05) is 41.6 Å². The maximum atomic E-state index is 14.3. The molecule has 0 fully saturated rings. The van der Waals surface area contributed by atoms with E-state index in [9.17, 15) is 9.18 Å². The third-order valence-corrected chi connectivity index (χ3v) is 4.63. The molecule has 0 atom stereocenters. The summed E-state index contributed by atoms with van der Waals surface area (Å²) in [6.45, 7) is 5.59. The molecule has 0 unspecified atom stereocenters. The van der Waals surface area contributed by atoms with Gasteiger partial charge in [0, 0.05) is 5.69 Å². The monoisotopic (exact) mass is 385 g/mol. The maximum absolute atomic E-state index is 14.3. The maximum Gasteiger partial charge on any atom is 0.316 e. The summed E-state index contributed by atoms with van der Waals surface area (Å²) < 4.78 is 21.3. The summed E-state index contributed by atoms with van der Waals surface area (Å²) in [4.78, 5) is 11.9. The lowest BCUT2D eigenvalue weighted by Crippen LogP contribution is -2.13. The average Bonchev–Trinajstić information content (AvgIpc) is 3.04. The summed E-state index contributed by atoms with van der Waals surface area (Å²) >= 11 is 1.21. The molecule has 0 aliphatic heterocycles. The smallest absolute Gasteiger partial charge is 0.316 e. The molecule has 2 aromatic carbocycles. The Morgan fingerprint density at radius 2 is 1.85 bits per heavy atom. The summed E-state index contributed by atoms with van der Waals surface area (Å²) in [5, 5.41) is 8.87.